The normalized spacial score (nSPS) is 10.4. The van der Waals surface area contributed by atoms with Gasteiger partial charge in [0.1, 0.15) is 5.56 Å². The van der Waals surface area contributed by atoms with E-state index in [4.69, 9.17) is 4.74 Å². The van der Waals surface area contributed by atoms with Gasteiger partial charge in [-0.2, -0.15) is 5.10 Å². The number of carboxylic acid groups (broad SMARTS) is 1. The van der Waals surface area contributed by atoms with Gasteiger partial charge in [-0.1, -0.05) is 27.2 Å². The quantitative estimate of drug-likeness (QED) is 0.755. The second-order valence-electron chi connectivity index (χ2n) is 4.02. The molecule has 18 heavy (non-hydrogen) atoms. The first-order valence-electron chi connectivity index (χ1n) is 6.40. The predicted molar refractivity (Wildman–Crippen MR) is 68.2 cm³/mol. The molecule has 0 atom stereocenters. The summed E-state index contributed by atoms with van der Waals surface area (Å²) in [5.41, 5.74) is 1.63. The van der Waals surface area contributed by atoms with Crippen LogP contribution >= 0.6 is 0 Å². The number of aromatic carboxylic acids is 1. The van der Waals surface area contributed by atoms with Crippen LogP contribution < -0.4 is 4.74 Å². The van der Waals surface area contributed by atoms with E-state index in [-0.39, 0.29) is 11.4 Å². The summed E-state index contributed by atoms with van der Waals surface area (Å²) < 4.78 is 5.43. The van der Waals surface area contributed by atoms with Gasteiger partial charge in [0.05, 0.1) is 12.3 Å². The molecule has 0 saturated carbocycles. The number of nitrogens with zero attached hydrogens (tertiary/aromatic N) is 2. The van der Waals surface area contributed by atoms with Gasteiger partial charge in [-0.05, 0) is 24.8 Å². The summed E-state index contributed by atoms with van der Waals surface area (Å²) in [6, 6.07) is 0. The Kier molecular flexibility index (Phi) is 5.55. The van der Waals surface area contributed by atoms with E-state index in [9.17, 15) is 9.90 Å². The highest BCUT2D eigenvalue weighted by Crippen LogP contribution is 2.22. The second kappa shape index (κ2) is 6.93. The van der Waals surface area contributed by atoms with Crippen molar-refractivity contribution in [2.24, 2.45) is 0 Å². The van der Waals surface area contributed by atoms with Crippen LogP contribution in [-0.2, 0) is 12.8 Å². The molecular formula is C13H20N2O3. The van der Waals surface area contributed by atoms with Gasteiger partial charge in [0.25, 0.3) is 0 Å². The summed E-state index contributed by atoms with van der Waals surface area (Å²) in [6.45, 7) is 6.37. The number of carbonyl (C=O) groups is 1. The Hall–Kier alpha value is -1.65. The van der Waals surface area contributed by atoms with Crippen molar-refractivity contribution >= 4 is 5.97 Å². The average Bonchev–Trinajstić information content (AvgIpc) is 2.37. The number of unbranched alkanes of at least 4 members (excludes halogenated alkanes) is 1. The maximum Gasteiger partial charge on any atom is 0.341 e. The zero-order valence-corrected chi connectivity index (χ0v) is 11.2. The minimum Gasteiger partial charge on any atom is -0.477 e. The van der Waals surface area contributed by atoms with Crippen LogP contribution in [0.4, 0.5) is 0 Å². The number of hydrogen-bond donors (Lipinski definition) is 1. The van der Waals surface area contributed by atoms with Crippen molar-refractivity contribution in [1.82, 2.24) is 10.2 Å². The largest absolute Gasteiger partial charge is 0.477 e. The summed E-state index contributed by atoms with van der Waals surface area (Å²) in [7, 11) is 0. The Morgan fingerprint density at radius 1 is 1.22 bits per heavy atom. The first-order valence-corrected chi connectivity index (χ1v) is 6.40. The molecule has 5 heteroatoms. The molecule has 0 unspecified atom stereocenters. The monoisotopic (exact) mass is 252 g/mol. The second-order valence-corrected chi connectivity index (χ2v) is 4.02. The van der Waals surface area contributed by atoms with Gasteiger partial charge in [0.15, 0.2) is 0 Å². The van der Waals surface area contributed by atoms with Crippen LogP contribution in [0.25, 0.3) is 0 Å². The minimum atomic E-state index is -0.997. The van der Waals surface area contributed by atoms with Crippen molar-refractivity contribution in [3.05, 3.63) is 16.8 Å². The highest BCUT2D eigenvalue weighted by molar-refractivity contribution is 5.92. The average molecular weight is 252 g/mol. The van der Waals surface area contributed by atoms with Crippen LogP contribution in [0.5, 0.6) is 5.88 Å². The summed E-state index contributed by atoms with van der Waals surface area (Å²) in [5.74, 6) is -0.854. The van der Waals surface area contributed by atoms with Gasteiger partial charge in [0.2, 0.25) is 5.88 Å². The lowest BCUT2D eigenvalue weighted by atomic mass is 10.0. The van der Waals surface area contributed by atoms with E-state index in [0.29, 0.717) is 19.4 Å². The van der Waals surface area contributed by atoms with Crippen LogP contribution in [0.2, 0.25) is 0 Å². The molecular weight excluding hydrogens is 232 g/mol. The molecule has 0 bridgehead atoms. The summed E-state index contributed by atoms with van der Waals surface area (Å²) in [6.07, 6.45) is 3.15. The number of aromatic nitrogens is 2. The molecule has 100 valence electrons. The van der Waals surface area contributed by atoms with E-state index in [2.05, 4.69) is 10.2 Å². The van der Waals surface area contributed by atoms with Gasteiger partial charge in [-0.3, -0.25) is 0 Å². The van der Waals surface area contributed by atoms with Crippen molar-refractivity contribution in [3.63, 3.8) is 0 Å². The number of aryl methyl sites for hydroxylation is 1. The standard InChI is InChI=1S/C13H20N2O3/c1-4-7-8-18-12-11(13(16)17)9(5-2)10(6-3)14-15-12/h4-8H2,1-3H3,(H,16,17). The zero-order valence-electron chi connectivity index (χ0n) is 11.2. The van der Waals surface area contributed by atoms with Crippen LogP contribution in [0.15, 0.2) is 0 Å². The fourth-order valence-electron chi connectivity index (χ4n) is 1.79. The first-order chi connectivity index (χ1) is 8.65. The summed E-state index contributed by atoms with van der Waals surface area (Å²) >= 11 is 0. The topological polar surface area (TPSA) is 72.3 Å². The number of rotatable bonds is 7. The lowest BCUT2D eigenvalue weighted by Gasteiger charge is -2.12. The highest BCUT2D eigenvalue weighted by Gasteiger charge is 2.21. The highest BCUT2D eigenvalue weighted by atomic mass is 16.5. The Morgan fingerprint density at radius 3 is 2.44 bits per heavy atom. The predicted octanol–water partition coefficient (Wildman–Crippen LogP) is 2.48. The Morgan fingerprint density at radius 2 is 1.94 bits per heavy atom. The van der Waals surface area contributed by atoms with E-state index in [1.54, 1.807) is 0 Å². The van der Waals surface area contributed by atoms with Crippen molar-refractivity contribution in [2.75, 3.05) is 6.61 Å². The fraction of sp³-hybridized carbons (Fsp3) is 0.615. The van der Waals surface area contributed by atoms with E-state index in [1.165, 1.54) is 0 Å². The molecule has 0 fully saturated rings. The molecule has 0 aromatic carbocycles. The summed E-state index contributed by atoms with van der Waals surface area (Å²) in [4.78, 5) is 11.4. The van der Waals surface area contributed by atoms with Crippen molar-refractivity contribution in [2.45, 2.75) is 46.5 Å². The summed E-state index contributed by atoms with van der Waals surface area (Å²) in [5, 5.41) is 17.3. The van der Waals surface area contributed by atoms with Gasteiger partial charge in [-0.25, -0.2) is 4.79 Å². The van der Waals surface area contributed by atoms with Gasteiger partial charge in [0, 0.05) is 0 Å². The Balaban J connectivity index is 3.13. The molecule has 0 spiro atoms. The maximum absolute atomic E-state index is 11.4. The van der Waals surface area contributed by atoms with Crippen molar-refractivity contribution in [3.8, 4) is 5.88 Å². The molecule has 0 amide bonds. The van der Waals surface area contributed by atoms with Crippen LogP contribution in [0.1, 0.15) is 55.2 Å². The molecule has 1 N–H and O–H groups in total. The third kappa shape index (κ3) is 3.18. The molecule has 0 aliphatic carbocycles. The van der Waals surface area contributed by atoms with Crippen molar-refractivity contribution < 1.29 is 14.6 Å². The molecule has 1 aromatic rings. The third-order valence-corrected chi connectivity index (χ3v) is 2.76. The molecule has 0 aliphatic rings. The SMILES string of the molecule is CCCCOc1nnc(CC)c(CC)c1C(=O)O. The zero-order chi connectivity index (χ0) is 13.5. The molecule has 0 saturated heterocycles. The van der Waals surface area contributed by atoms with E-state index < -0.39 is 5.97 Å². The molecule has 0 radical (unpaired) electrons. The van der Waals surface area contributed by atoms with Crippen LogP contribution in [-0.4, -0.2) is 27.9 Å². The Bertz CT molecular complexity index is 419. The third-order valence-electron chi connectivity index (χ3n) is 2.76. The Labute approximate surface area is 107 Å². The van der Waals surface area contributed by atoms with Gasteiger partial charge >= 0.3 is 5.97 Å². The molecule has 0 aliphatic heterocycles. The van der Waals surface area contributed by atoms with Crippen LogP contribution in [0, 0.1) is 0 Å². The number of hydrogen-bond acceptors (Lipinski definition) is 4. The smallest absolute Gasteiger partial charge is 0.341 e. The molecule has 1 rings (SSSR count). The number of carboxylic acids is 1. The molecule has 1 heterocycles. The lowest BCUT2D eigenvalue weighted by molar-refractivity contribution is 0.0689. The van der Waals surface area contributed by atoms with Gasteiger partial charge in [-0.15, -0.1) is 5.10 Å². The fourth-order valence-corrected chi connectivity index (χ4v) is 1.79. The minimum absolute atomic E-state index is 0.144. The molecule has 1 aromatic heterocycles. The lowest BCUT2D eigenvalue weighted by Crippen LogP contribution is -2.13. The van der Waals surface area contributed by atoms with E-state index in [1.807, 2.05) is 20.8 Å². The maximum atomic E-state index is 11.4. The van der Waals surface area contributed by atoms with Gasteiger partial charge < -0.3 is 9.84 Å². The van der Waals surface area contributed by atoms with Crippen LogP contribution in [0.3, 0.4) is 0 Å². The van der Waals surface area contributed by atoms with E-state index >= 15 is 0 Å². The van der Waals surface area contributed by atoms with E-state index in [0.717, 1.165) is 24.1 Å². The first kappa shape index (κ1) is 14.4. The van der Waals surface area contributed by atoms with Crippen molar-refractivity contribution in [1.29, 1.82) is 0 Å². The number of ether oxygens (including phenoxy) is 1. The molecule has 5 nitrogen and oxygen atoms in total.